The summed E-state index contributed by atoms with van der Waals surface area (Å²) in [5.74, 6) is -0.777. The standard InChI is InChI=1S/C18H15NO3/c1-12-16(18(21)22)11-17(13-5-3-2-4-6-13)19(12)14-7-9-15(20)10-8-14/h2-11,20H,1H3,(H,21,22). The van der Waals surface area contributed by atoms with Crippen LogP contribution in [0.5, 0.6) is 5.75 Å². The average Bonchev–Trinajstić information content (AvgIpc) is 2.87. The second-order valence-electron chi connectivity index (χ2n) is 5.05. The van der Waals surface area contributed by atoms with Crippen molar-refractivity contribution in [1.29, 1.82) is 0 Å². The van der Waals surface area contributed by atoms with Gasteiger partial charge in [0.05, 0.1) is 11.3 Å². The van der Waals surface area contributed by atoms with Crippen molar-refractivity contribution in [2.75, 3.05) is 0 Å². The van der Waals surface area contributed by atoms with Crippen LogP contribution in [-0.2, 0) is 0 Å². The second kappa shape index (κ2) is 5.41. The van der Waals surface area contributed by atoms with E-state index < -0.39 is 5.97 Å². The molecule has 4 heteroatoms. The molecule has 0 radical (unpaired) electrons. The van der Waals surface area contributed by atoms with Crippen LogP contribution in [0, 0.1) is 6.92 Å². The molecule has 2 N–H and O–H groups in total. The van der Waals surface area contributed by atoms with Crippen molar-refractivity contribution in [2.45, 2.75) is 6.92 Å². The highest BCUT2D eigenvalue weighted by atomic mass is 16.4. The van der Waals surface area contributed by atoms with Gasteiger partial charge in [-0.05, 0) is 42.8 Å². The van der Waals surface area contributed by atoms with Gasteiger partial charge in [0.25, 0.3) is 0 Å². The number of aromatic carboxylic acids is 1. The predicted molar refractivity (Wildman–Crippen MR) is 84.6 cm³/mol. The van der Waals surface area contributed by atoms with Crippen molar-refractivity contribution in [3.05, 3.63) is 71.9 Å². The van der Waals surface area contributed by atoms with Crippen LogP contribution in [0.25, 0.3) is 16.9 Å². The Balaban J connectivity index is 2.27. The topological polar surface area (TPSA) is 62.5 Å². The Kier molecular flexibility index (Phi) is 3.43. The van der Waals surface area contributed by atoms with E-state index >= 15 is 0 Å². The minimum absolute atomic E-state index is 0.174. The first-order valence-electron chi connectivity index (χ1n) is 6.88. The zero-order chi connectivity index (χ0) is 15.7. The number of aromatic hydroxyl groups is 1. The normalized spacial score (nSPS) is 10.6. The third kappa shape index (κ3) is 2.35. The van der Waals surface area contributed by atoms with E-state index in [1.165, 1.54) is 0 Å². The Bertz CT molecular complexity index is 818. The summed E-state index contributed by atoms with van der Waals surface area (Å²) in [6.45, 7) is 1.78. The number of hydrogen-bond acceptors (Lipinski definition) is 2. The van der Waals surface area contributed by atoms with Crippen molar-refractivity contribution in [3.8, 4) is 22.7 Å². The fourth-order valence-electron chi connectivity index (χ4n) is 2.58. The van der Waals surface area contributed by atoms with E-state index in [-0.39, 0.29) is 11.3 Å². The highest BCUT2D eigenvalue weighted by molar-refractivity contribution is 5.91. The van der Waals surface area contributed by atoms with Crippen molar-refractivity contribution in [2.24, 2.45) is 0 Å². The number of aromatic nitrogens is 1. The van der Waals surface area contributed by atoms with E-state index in [0.29, 0.717) is 5.69 Å². The second-order valence-corrected chi connectivity index (χ2v) is 5.05. The molecule has 0 aliphatic heterocycles. The smallest absolute Gasteiger partial charge is 0.337 e. The van der Waals surface area contributed by atoms with Gasteiger partial charge in [0.2, 0.25) is 0 Å². The molecule has 1 heterocycles. The number of benzene rings is 2. The molecule has 0 atom stereocenters. The first-order valence-corrected chi connectivity index (χ1v) is 6.88. The highest BCUT2D eigenvalue weighted by Gasteiger charge is 2.18. The number of rotatable bonds is 3. The van der Waals surface area contributed by atoms with Crippen molar-refractivity contribution < 1.29 is 15.0 Å². The lowest BCUT2D eigenvalue weighted by Gasteiger charge is -2.12. The monoisotopic (exact) mass is 293 g/mol. The van der Waals surface area contributed by atoms with Gasteiger partial charge in [0.1, 0.15) is 5.75 Å². The van der Waals surface area contributed by atoms with E-state index in [1.807, 2.05) is 34.9 Å². The zero-order valence-corrected chi connectivity index (χ0v) is 12.0. The molecule has 0 saturated heterocycles. The molecule has 0 spiro atoms. The largest absolute Gasteiger partial charge is 0.508 e. The number of nitrogens with zero attached hydrogens (tertiary/aromatic N) is 1. The van der Waals surface area contributed by atoms with Crippen molar-refractivity contribution in [3.63, 3.8) is 0 Å². The van der Waals surface area contributed by atoms with Crippen molar-refractivity contribution in [1.82, 2.24) is 4.57 Å². The minimum atomic E-state index is -0.952. The number of hydrogen-bond donors (Lipinski definition) is 2. The Morgan fingerprint density at radius 1 is 1.00 bits per heavy atom. The van der Waals surface area contributed by atoms with Crippen LogP contribution in [0.3, 0.4) is 0 Å². The number of phenolic OH excluding ortho intramolecular Hbond substituents is 1. The summed E-state index contributed by atoms with van der Waals surface area (Å²) in [6, 6.07) is 18.0. The lowest BCUT2D eigenvalue weighted by molar-refractivity contribution is 0.0696. The Morgan fingerprint density at radius 2 is 1.64 bits per heavy atom. The molecule has 0 aliphatic carbocycles. The molecule has 2 aromatic carbocycles. The van der Waals surface area contributed by atoms with Crippen LogP contribution in [0.4, 0.5) is 0 Å². The van der Waals surface area contributed by atoms with E-state index in [2.05, 4.69) is 0 Å². The van der Waals surface area contributed by atoms with E-state index in [0.717, 1.165) is 16.9 Å². The maximum Gasteiger partial charge on any atom is 0.337 e. The molecule has 0 unspecified atom stereocenters. The molecule has 0 bridgehead atoms. The van der Waals surface area contributed by atoms with Gasteiger partial charge in [-0.3, -0.25) is 0 Å². The van der Waals surface area contributed by atoms with Gasteiger partial charge in [-0.2, -0.15) is 0 Å². The van der Waals surface area contributed by atoms with Crippen LogP contribution >= 0.6 is 0 Å². The number of phenols is 1. The Morgan fingerprint density at radius 3 is 2.23 bits per heavy atom. The first kappa shape index (κ1) is 13.9. The molecule has 4 nitrogen and oxygen atoms in total. The highest BCUT2D eigenvalue weighted by Crippen LogP contribution is 2.30. The van der Waals surface area contributed by atoms with Gasteiger partial charge in [0, 0.05) is 11.4 Å². The molecule has 22 heavy (non-hydrogen) atoms. The lowest BCUT2D eigenvalue weighted by Crippen LogP contribution is -2.02. The van der Waals surface area contributed by atoms with Gasteiger partial charge >= 0.3 is 5.97 Å². The summed E-state index contributed by atoms with van der Waals surface area (Å²) in [5, 5.41) is 18.8. The van der Waals surface area contributed by atoms with Crippen LogP contribution in [-0.4, -0.2) is 20.7 Å². The Labute approximate surface area is 127 Å². The molecule has 3 aromatic rings. The fraction of sp³-hybridized carbons (Fsp3) is 0.0556. The molecule has 110 valence electrons. The molecular weight excluding hydrogens is 278 g/mol. The molecular formula is C18H15NO3. The quantitative estimate of drug-likeness (QED) is 0.771. The molecule has 1 aromatic heterocycles. The maximum absolute atomic E-state index is 11.5. The number of carboxylic acid groups (broad SMARTS) is 1. The molecule has 0 amide bonds. The third-order valence-electron chi connectivity index (χ3n) is 3.66. The third-order valence-corrected chi connectivity index (χ3v) is 3.66. The molecule has 0 saturated carbocycles. The summed E-state index contributed by atoms with van der Waals surface area (Å²) in [5.41, 5.74) is 3.47. The van der Waals surface area contributed by atoms with E-state index in [1.54, 1.807) is 37.3 Å². The summed E-state index contributed by atoms with van der Waals surface area (Å²) in [4.78, 5) is 11.5. The van der Waals surface area contributed by atoms with Gasteiger partial charge < -0.3 is 14.8 Å². The minimum Gasteiger partial charge on any atom is -0.508 e. The summed E-state index contributed by atoms with van der Waals surface area (Å²) >= 11 is 0. The molecule has 3 rings (SSSR count). The van der Waals surface area contributed by atoms with Crippen LogP contribution in [0.2, 0.25) is 0 Å². The van der Waals surface area contributed by atoms with Crippen LogP contribution in [0.1, 0.15) is 16.1 Å². The van der Waals surface area contributed by atoms with Gasteiger partial charge in [-0.25, -0.2) is 4.79 Å². The number of carbonyl (C=O) groups is 1. The van der Waals surface area contributed by atoms with E-state index in [9.17, 15) is 15.0 Å². The van der Waals surface area contributed by atoms with Crippen LogP contribution in [0.15, 0.2) is 60.7 Å². The summed E-state index contributed by atoms with van der Waals surface area (Å²) in [6.07, 6.45) is 0. The molecule has 0 fully saturated rings. The lowest BCUT2D eigenvalue weighted by atomic mass is 10.1. The predicted octanol–water partition coefficient (Wildman–Crippen LogP) is 3.86. The van der Waals surface area contributed by atoms with E-state index in [4.69, 9.17) is 0 Å². The van der Waals surface area contributed by atoms with Gasteiger partial charge in [0.15, 0.2) is 0 Å². The number of carboxylic acids is 1. The summed E-state index contributed by atoms with van der Waals surface area (Å²) in [7, 11) is 0. The van der Waals surface area contributed by atoms with Crippen molar-refractivity contribution >= 4 is 5.97 Å². The fourth-order valence-corrected chi connectivity index (χ4v) is 2.58. The SMILES string of the molecule is Cc1c(C(=O)O)cc(-c2ccccc2)n1-c1ccc(O)cc1. The average molecular weight is 293 g/mol. The van der Waals surface area contributed by atoms with Crippen LogP contribution < -0.4 is 0 Å². The summed E-state index contributed by atoms with van der Waals surface area (Å²) < 4.78 is 1.89. The zero-order valence-electron chi connectivity index (χ0n) is 12.0. The van der Waals surface area contributed by atoms with Gasteiger partial charge in [-0.1, -0.05) is 30.3 Å². The Hall–Kier alpha value is -3.01. The first-order chi connectivity index (χ1) is 10.6. The van der Waals surface area contributed by atoms with Gasteiger partial charge in [-0.15, -0.1) is 0 Å². The maximum atomic E-state index is 11.5. The molecule has 0 aliphatic rings.